The second kappa shape index (κ2) is 17.7. The molecule has 0 aliphatic carbocycles. The van der Waals surface area contributed by atoms with Gasteiger partial charge in [-0.2, -0.15) is 0 Å². The Labute approximate surface area is 61.3 Å². The zero-order valence-electron chi connectivity index (χ0n) is 2.19. The van der Waals surface area contributed by atoms with Crippen LogP contribution in [0.15, 0.2) is 0 Å². The molecule has 4 heteroatoms. The molecule has 0 fully saturated rings. The van der Waals surface area contributed by atoms with Crippen molar-refractivity contribution in [3.05, 3.63) is 0 Å². The minimum Gasteiger partial charge on any atom is -0.147 e. The average molecular weight is 228 g/mol. The van der Waals surface area contributed by atoms with Crippen LogP contribution in [-0.2, 0) is 20.4 Å². The van der Waals surface area contributed by atoms with E-state index in [9.17, 15) is 0 Å². The Balaban J connectivity index is -0.0000000200. The number of alkyl halides is 2. The topological polar surface area (TPSA) is 0 Å². The molecule has 0 unspecified atom stereocenters. The predicted octanol–water partition coefficient (Wildman–Crippen LogP) is 1.84. The SMILES string of the molecule is Cl.ClCCl.[Pd]. The van der Waals surface area contributed by atoms with Crippen LogP contribution in [0.25, 0.3) is 0 Å². The number of rotatable bonds is 0. The molecule has 0 rings (SSSR count). The van der Waals surface area contributed by atoms with E-state index >= 15 is 0 Å². The van der Waals surface area contributed by atoms with Crippen molar-refractivity contribution in [2.75, 3.05) is 5.34 Å². The van der Waals surface area contributed by atoms with E-state index in [-0.39, 0.29) is 38.2 Å². The molecule has 0 aliphatic heterocycles. The summed E-state index contributed by atoms with van der Waals surface area (Å²) in [4.78, 5) is 0. The van der Waals surface area contributed by atoms with Gasteiger partial charge < -0.3 is 0 Å². The second-order valence-electron chi connectivity index (χ2n) is 0.101. The van der Waals surface area contributed by atoms with Crippen molar-refractivity contribution in [1.29, 1.82) is 0 Å². The number of halogens is 3. The Hall–Kier alpha value is 1.53. The first-order chi connectivity index (χ1) is 1.41. The normalized spacial score (nSPS) is 3.60. The molecule has 0 N–H and O–H groups in total. The van der Waals surface area contributed by atoms with E-state index in [1.54, 1.807) is 0 Å². The number of hydrogen-bond acceptors (Lipinski definition) is 0. The molecule has 0 saturated heterocycles. The summed E-state index contributed by atoms with van der Waals surface area (Å²) in [6, 6.07) is 0. The summed E-state index contributed by atoms with van der Waals surface area (Å²) >= 11 is 9.53. The molecule has 0 aliphatic rings. The van der Waals surface area contributed by atoms with Crippen LogP contribution < -0.4 is 0 Å². The molecule has 0 aromatic rings. The first-order valence-corrected chi connectivity index (χ1v) is 1.60. The molecular weight excluding hydrogens is 225 g/mol. The first kappa shape index (κ1) is 16.0. The summed E-state index contributed by atoms with van der Waals surface area (Å²) in [5, 5.41) is 0.194. The van der Waals surface area contributed by atoms with E-state index in [2.05, 4.69) is 0 Å². The summed E-state index contributed by atoms with van der Waals surface area (Å²) in [6.07, 6.45) is 0. The largest absolute Gasteiger partial charge is 0.147 e. The van der Waals surface area contributed by atoms with E-state index in [1.807, 2.05) is 0 Å². The first-order valence-electron chi connectivity index (χ1n) is 0.535. The summed E-state index contributed by atoms with van der Waals surface area (Å²) < 4.78 is 0. The Bertz CT molecular complexity index is 6.85. The van der Waals surface area contributed by atoms with Crippen molar-refractivity contribution in [1.82, 2.24) is 0 Å². The molecule has 0 bridgehead atoms. The summed E-state index contributed by atoms with van der Waals surface area (Å²) in [5.74, 6) is 0. The molecule has 5 heavy (non-hydrogen) atoms. The van der Waals surface area contributed by atoms with Crippen LogP contribution in [0, 0.1) is 0 Å². The van der Waals surface area contributed by atoms with Crippen molar-refractivity contribution in [3.8, 4) is 0 Å². The van der Waals surface area contributed by atoms with E-state index in [0.29, 0.717) is 0 Å². The molecule has 0 saturated carbocycles. The molecule has 0 amide bonds. The van der Waals surface area contributed by atoms with Gasteiger partial charge in [0.15, 0.2) is 0 Å². The Morgan fingerprint density at radius 1 is 1.20 bits per heavy atom. The summed E-state index contributed by atoms with van der Waals surface area (Å²) in [6.45, 7) is 0. The van der Waals surface area contributed by atoms with E-state index in [0.717, 1.165) is 0 Å². The third kappa shape index (κ3) is 29.4. The smallest absolute Gasteiger partial charge is 0.0967 e. The molecule has 0 spiro atoms. The Kier molecular flexibility index (Phi) is 56.8. The molecule has 0 nitrogen and oxygen atoms in total. The molecule has 0 heterocycles. The fourth-order valence-electron chi connectivity index (χ4n) is 0. The van der Waals surface area contributed by atoms with Crippen molar-refractivity contribution >= 4 is 35.6 Å². The van der Waals surface area contributed by atoms with Crippen molar-refractivity contribution in [3.63, 3.8) is 0 Å². The van der Waals surface area contributed by atoms with Gasteiger partial charge in [0.1, 0.15) is 0 Å². The van der Waals surface area contributed by atoms with Crippen molar-refractivity contribution in [2.45, 2.75) is 0 Å². The van der Waals surface area contributed by atoms with Gasteiger partial charge in [0.05, 0.1) is 5.34 Å². The monoisotopic (exact) mass is 226 g/mol. The maximum absolute atomic E-state index is 4.76. The van der Waals surface area contributed by atoms with Gasteiger partial charge in [-0.1, -0.05) is 0 Å². The summed E-state index contributed by atoms with van der Waals surface area (Å²) in [7, 11) is 0. The van der Waals surface area contributed by atoms with Gasteiger partial charge in [-0.05, 0) is 0 Å². The Morgan fingerprint density at radius 3 is 1.20 bits per heavy atom. The third-order valence-corrected chi connectivity index (χ3v) is 0. The van der Waals surface area contributed by atoms with E-state index < -0.39 is 0 Å². The van der Waals surface area contributed by atoms with Gasteiger partial charge in [0.25, 0.3) is 0 Å². The molecule has 0 aromatic heterocycles. The molecule has 0 radical (unpaired) electrons. The van der Waals surface area contributed by atoms with Crippen LogP contribution in [-0.4, -0.2) is 5.34 Å². The van der Waals surface area contributed by atoms with Gasteiger partial charge in [-0.3, -0.25) is 0 Å². The quantitative estimate of drug-likeness (QED) is 0.438. The zero-order chi connectivity index (χ0) is 2.71. The van der Waals surface area contributed by atoms with Gasteiger partial charge in [-0.15, -0.1) is 35.6 Å². The molecule has 0 atom stereocenters. The summed E-state index contributed by atoms with van der Waals surface area (Å²) in [5.41, 5.74) is 0. The van der Waals surface area contributed by atoms with Crippen LogP contribution in [0.4, 0.5) is 0 Å². The maximum atomic E-state index is 4.76. The molecule has 0 aromatic carbocycles. The second-order valence-corrected chi connectivity index (χ2v) is 0.909. The van der Waals surface area contributed by atoms with Crippen molar-refractivity contribution < 1.29 is 20.4 Å². The van der Waals surface area contributed by atoms with Gasteiger partial charge in [0.2, 0.25) is 0 Å². The number of hydrogen-bond donors (Lipinski definition) is 0. The van der Waals surface area contributed by atoms with Crippen LogP contribution in [0.5, 0.6) is 0 Å². The maximum Gasteiger partial charge on any atom is 0.0967 e. The van der Waals surface area contributed by atoms with Crippen LogP contribution in [0.2, 0.25) is 0 Å². The fraction of sp³-hybridized carbons (Fsp3) is 1.00. The fourth-order valence-corrected chi connectivity index (χ4v) is 0. The predicted molar refractivity (Wildman–Crippen MR) is 23.8 cm³/mol. The van der Waals surface area contributed by atoms with Gasteiger partial charge in [-0.25, -0.2) is 0 Å². The minimum absolute atomic E-state index is 0. The minimum atomic E-state index is 0. The Morgan fingerprint density at radius 2 is 1.20 bits per heavy atom. The van der Waals surface area contributed by atoms with E-state index in [1.165, 1.54) is 0 Å². The van der Waals surface area contributed by atoms with Gasteiger partial charge >= 0.3 is 0 Å². The van der Waals surface area contributed by atoms with Crippen LogP contribution in [0.3, 0.4) is 0 Å². The van der Waals surface area contributed by atoms with Crippen LogP contribution in [0.1, 0.15) is 0 Å². The molecular formula is CH3Cl3Pd. The van der Waals surface area contributed by atoms with E-state index in [4.69, 9.17) is 23.2 Å². The zero-order valence-corrected chi connectivity index (χ0v) is 6.07. The van der Waals surface area contributed by atoms with Crippen LogP contribution >= 0.6 is 35.6 Å². The average Bonchev–Trinajstić information content (AvgIpc) is 0.918. The van der Waals surface area contributed by atoms with Crippen molar-refractivity contribution in [2.24, 2.45) is 0 Å². The molecule has 38 valence electrons. The standard InChI is InChI=1S/CH2Cl2.ClH.Pd/c2-1-3;;/h1H2;1H;. The van der Waals surface area contributed by atoms with Gasteiger partial charge in [0, 0.05) is 20.4 Å². The third-order valence-electron chi connectivity index (χ3n) is 0.